The number of hydrogen-bond donors (Lipinski definition) is 1. The Morgan fingerprint density at radius 2 is 1.96 bits per heavy atom. The van der Waals surface area contributed by atoms with Crippen molar-refractivity contribution in [3.05, 3.63) is 48.5 Å². The second-order valence-electron chi connectivity index (χ2n) is 5.38. The summed E-state index contributed by atoms with van der Waals surface area (Å²) in [6.45, 7) is 0.0759. The molecule has 0 bridgehead atoms. The Morgan fingerprint density at radius 3 is 2.67 bits per heavy atom. The van der Waals surface area contributed by atoms with Gasteiger partial charge in [-0.1, -0.05) is 6.07 Å². The number of rotatable bonds is 8. The van der Waals surface area contributed by atoms with Gasteiger partial charge in [-0.05, 0) is 24.3 Å². The molecule has 142 valence electrons. The zero-order valence-electron chi connectivity index (χ0n) is 14.7. The van der Waals surface area contributed by atoms with Crippen molar-refractivity contribution in [1.82, 2.24) is 19.9 Å². The predicted molar refractivity (Wildman–Crippen MR) is 96.0 cm³/mol. The maximum absolute atomic E-state index is 12.6. The lowest BCUT2D eigenvalue weighted by Gasteiger charge is -2.11. The van der Waals surface area contributed by atoms with E-state index in [1.165, 1.54) is 26.4 Å². The smallest absolute Gasteiger partial charge is 0.266 e. The number of nitrogens with one attached hydrogen (secondary N) is 1. The van der Waals surface area contributed by atoms with E-state index >= 15 is 0 Å². The lowest BCUT2D eigenvalue weighted by molar-refractivity contribution is 0.392. The fourth-order valence-corrected chi connectivity index (χ4v) is 3.53. The van der Waals surface area contributed by atoms with Crippen molar-refractivity contribution in [2.45, 2.75) is 11.3 Å². The summed E-state index contributed by atoms with van der Waals surface area (Å²) in [4.78, 5) is 4.11. The molecule has 3 rings (SSSR count). The van der Waals surface area contributed by atoms with E-state index in [9.17, 15) is 8.42 Å². The van der Waals surface area contributed by atoms with Crippen molar-refractivity contribution in [3.63, 3.8) is 0 Å². The number of hydrogen-bond acceptors (Lipinski definition) is 8. The first-order valence-corrected chi connectivity index (χ1v) is 9.47. The highest BCUT2D eigenvalue weighted by atomic mass is 32.2. The van der Waals surface area contributed by atoms with Crippen molar-refractivity contribution >= 4 is 10.0 Å². The van der Waals surface area contributed by atoms with Crippen LogP contribution in [0.5, 0.6) is 11.5 Å². The molecule has 0 saturated carbocycles. The quantitative estimate of drug-likeness (QED) is 0.617. The summed E-state index contributed by atoms with van der Waals surface area (Å²) >= 11 is 0. The minimum Gasteiger partial charge on any atom is -0.497 e. The number of aromatic nitrogens is 3. The number of ether oxygens (including phenoxy) is 2. The molecule has 27 heavy (non-hydrogen) atoms. The van der Waals surface area contributed by atoms with Gasteiger partial charge in [0.1, 0.15) is 22.1 Å². The Bertz CT molecular complexity index is 1010. The molecule has 1 aromatic carbocycles. The van der Waals surface area contributed by atoms with Crippen molar-refractivity contribution < 1.29 is 22.3 Å². The van der Waals surface area contributed by atoms with Crippen LogP contribution in [0.2, 0.25) is 0 Å². The highest BCUT2D eigenvalue weighted by Crippen LogP contribution is 2.28. The minimum absolute atomic E-state index is 0.0101. The van der Waals surface area contributed by atoms with Gasteiger partial charge in [0.2, 0.25) is 15.9 Å². The first-order valence-electron chi connectivity index (χ1n) is 7.99. The fraction of sp³-hybridized carbons (Fsp3) is 0.235. The first kappa shape index (κ1) is 18.8. The van der Waals surface area contributed by atoms with Gasteiger partial charge in [0.25, 0.3) is 5.89 Å². The molecule has 10 heteroatoms. The van der Waals surface area contributed by atoms with Crippen LogP contribution >= 0.6 is 0 Å². The average Bonchev–Trinajstić information content (AvgIpc) is 3.17. The maximum Gasteiger partial charge on any atom is 0.266 e. The van der Waals surface area contributed by atoms with E-state index in [2.05, 4.69) is 19.9 Å². The molecule has 0 amide bonds. The summed E-state index contributed by atoms with van der Waals surface area (Å²) < 4.78 is 43.4. The molecule has 0 aliphatic heterocycles. The van der Waals surface area contributed by atoms with Gasteiger partial charge in [0.05, 0.1) is 14.2 Å². The Hall–Kier alpha value is -2.98. The van der Waals surface area contributed by atoms with Gasteiger partial charge >= 0.3 is 0 Å². The molecule has 0 spiro atoms. The van der Waals surface area contributed by atoms with Crippen molar-refractivity contribution in [3.8, 4) is 23.1 Å². The first-order chi connectivity index (χ1) is 13.0. The summed E-state index contributed by atoms with van der Waals surface area (Å²) in [6, 6.07) is 9.88. The fourth-order valence-electron chi connectivity index (χ4n) is 2.31. The second kappa shape index (κ2) is 8.14. The third-order valence-corrected chi connectivity index (χ3v) is 5.12. The average molecular weight is 390 g/mol. The summed E-state index contributed by atoms with van der Waals surface area (Å²) in [5.41, 5.74) is 0.554. The van der Waals surface area contributed by atoms with Crippen LogP contribution in [0.15, 0.2) is 51.9 Å². The number of benzene rings is 1. The molecule has 0 fully saturated rings. The molecule has 0 unspecified atom stereocenters. The van der Waals surface area contributed by atoms with Crippen LogP contribution < -0.4 is 14.2 Å². The number of pyridine rings is 1. The Balaban J connectivity index is 1.67. The SMILES string of the molecule is COc1ccc(OC)c(S(=O)(=O)NCCc2nnc(-c3ccccn3)o2)c1. The largest absolute Gasteiger partial charge is 0.497 e. The Kier molecular flexibility index (Phi) is 5.67. The van der Waals surface area contributed by atoms with Gasteiger partial charge < -0.3 is 13.9 Å². The van der Waals surface area contributed by atoms with Gasteiger partial charge in [-0.25, -0.2) is 13.1 Å². The molecule has 2 heterocycles. The standard InChI is InChI=1S/C17H18N4O5S/c1-24-12-6-7-14(25-2)15(11-12)27(22,23)19-10-8-16-20-21-17(26-16)13-5-3-4-9-18-13/h3-7,9,11,19H,8,10H2,1-2H3. The highest BCUT2D eigenvalue weighted by Gasteiger charge is 2.20. The van der Waals surface area contributed by atoms with E-state index in [-0.39, 0.29) is 29.5 Å². The van der Waals surface area contributed by atoms with Crippen LogP contribution in [0.3, 0.4) is 0 Å². The molecule has 0 saturated heterocycles. The van der Waals surface area contributed by atoms with Crippen molar-refractivity contribution in [2.24, 2.45) is 0 Å². The normalized spacial score (nSPS) is 11.3. The van der Waals surface area contributed by atoms with Crippen LogP contribution in [0, 0.1) is 0 Å². The van der Waals surface area contributed by atoms with Gasteiger partial charge in [0.15, 0.2) is 0 Å². The molecule has 3 aromatic rings. The van der Waals surface area contributed by atoms with Crippen LogP contribution in [-0.2, 0) is 16.4 Å². The summed E-state index contributed by atoms with van der Waals surface area (Å²) in [5.74, 6) is 1.21. The van der Waals surface area contributed by atoms with Gasteiger partial charge in [0, 0.05) is 25.2 Å². The highest BCUT2D eigenvalue weighted by molar-refractivity contribution is 7.89. The molecule has 9 nitrogen and oxygen atoms in total. The molecule has 0 radical (unpaired) electrons. The van der Waals surface area contributed by atoms with E-state index in [0.29, 0.717) is 17.3 Å². The molecule has 1 N–H and O–H groups in total. The van der Waals surface area contributed by atoms with E-state index in [0.717, 1.165) is 0 Å². The molecule has 0 atom stereocenters. The predicted octanol–water partition coefficient (Wildman–Crippen LogP) is 1.67. The van der Waals surface area contributed by atoms with Crippen molar-refractivity contribution in [2.75, 3.05) is 20.8 Å². The van der Waals surface area contributed by atoms with E-state index in [1.54, 1.807) is 24.4 Å². The molecule has 2 aromatic heterocycles. The molecule has 0 aliphatic carbocycles. The summed E-state index contributed by atoms with van der Waals surface area (Å²) in [6.07, 6.45) is 1.85. The number of nitrogens with zero attached hydrogens (tertiary/aromatic N) is 3. The minimum atomic E-state index is -3.81. The Morgan fingerprint density at radius 1 is 1.11 bits per heavy atom. The van der Waals surface area contributed by atoms with Gasteiger partial charge in [-0.2, -0.15) is 0 Å². The lowest BCUT2D eigenvalue weighted by atomic mass is 10.3. The lowest BCUT2D eigenvalue weighted by Crippen LogP contribution is -2.26. The third-order valence-electron chi connectivity index (χ3n) is 3.64. The zero-order chi connectivity index (χ0) is 19.3. The maximum atomic E-state index is 12.6. The summed E-state index contributed by atoms with van der Waals surface area (Å²) in [5, 5.41) is 7.83. The van der Waals surface area contributed by atoms with Crippen LogP contribution in [0.25, 0.3) is 11.6 Å². The van der Waals surface area contributed by atoms with Gasteiger partial charge in [-0.15, -0.1) is 10.2 Å². The van der Waals surface area contributed by atoms with E-state index in [4.69, 9.17) is 13.9 Å². The molecular weight excluding hydrogens is 372 g/mol. The van der Waals surface area contributed by atoms with Crippen LogP contribution in [0.4, 0.5) is 0 Å². The topological polar surface area (TPSA) is 116 Å². The second-order valence-corrected chi connectivity index (χ2v) is 7.12. The summed E-state index contributed by atoms with van der Waals surface area (Å²) in [7, 11) is -0.948. The Labute approximate surface area is 156 Å². The molecule has 0 aliphatic rings. The van der Waals surface area contributed by atoms with Crippen LogP contribution in [-0.4, -0.2) is 44.4 Å². The molecular formula is C17H18N4O5S. The van der Waals surface area contributed by atoms with E-state index < -0.39 is 10.0 Å². The van der Waals surface area contributed by atoms with Crippen LogP contribution in [0.1, 0.15) is 5.89 Å². The monoisotopic (exact) mass is 390 g/mol. The number of methoxy groups -OCH3 is 2. The van der Waals surface area contributed by atoms with Gasteiger partial charge in [-0.3, -0.25) is 4.98 Å². The van der Waals surface area contributed by atoms with Crippen molar-refractivity contribution in [1.29, 1.82) is 0 Å². The zero-order valence-corrected chi connectivity index (χ0v) is 15.6. The third kappa shape index (κ3) is 4.41. The number of sulfonamides is 1. The van der Waals surface area contributed by atoms with E-state index in [1.807, 2.05) is 6.07 Å².